The van der Waals surface area contributed by atoms with Gasteiger partial charge in [0.05, 0.1) is 18.4 Å². The number of anilines is 1. The van der Waals surface area contributed by atoms with E-state index in [0.717, 1.165) is 0 Å². The van der Waals surface area contributed by atoms with E-state index in [1.165, 1.54) is 20.1 Å². The predicted octanol–water partition coefficient (Wildman–Crippen LogP) is 0.941. The van der Waals surface area contributed by atoms with Gasteiger partial charge in [0.1, 0.15) is 17.4 Å². The van der Waals surface area contributed by atoms with Gasteiger partial charge in [-0.1, -0.05) is 0 Å². The minimum Gasteiger partial charge on any atom is -0.507 e. The third-order valence-electron chi connectivity index (χ3n) is 2.12. The van der Waals surface area contributed by atoms with Crippen LogP contribution in [0.15, 0.2) is 6.07 Å². The van der Waals surface area contributed by atoms with Crippen LogP contribution in [0, 0.1) is 18.3 Å². The molecule has 1 aromatic rings. The summed E-state index contributed by atoms with van der Waals surface area (Å²) in [6.07, 6.45) is 0. The van der Waals surface area contributed by atoms with Crippen LogP contribution in [0.3, 0.4) is 0 Å². The van der Waals surface area contributed by atoms with Crippen molar-refractivity contribution in [3.05, 3.63) is 22.8 Å². The van der Waals surface area contributed by atoms with Crippen molar-refractivity contribution >= 4 is 11.7 Å². The SMILES string of the molecule is COC(=O)c1cc(C#N)c(N)c(C)c1O. The summed E-state index contributed by atoms with van der Waals surface area (Å²) in [5, 5.41) is 18.4. The molecule has 0 aliphatic carbocycles. The fraction of sp³-hybridized carbons (Fsp3) is 0.200. The van der Waals surface area contributed by atoms with Gasteiger partial charge >= 0.3 is 5.97 Å². The highest BCUT2D eigenvalue weighted by Crippen LogP contribution is 2.30. The Balaban J connectivity index is 3.50. The molecule has 1 rings (SSSR count). The maximum Gasteiger partial charge on any atom is 0.341 e. The van der Waals surface area contributed by atoms with Gasteiger partial charge in [-0.25, -0.2) is 4.79 Å². The van der Waals surface area contributed by atoms with Gasteiger partial charge in [-0.15, -0.1) is 0 Å². The Morgan fingerprint density at radius 3 is 2.73 bits per heavy atom. The van der Waals surface area contributed by atoms with E-state index in [-0.39, 0.29) is 22.6 Å². The number of carbonyl (C=O) groups is 1. The van der Waals surface area contributed by atoms with Crippen molar-refractivity contribution in [1.29, 1.82) is 5.26 Å². The van der Waals surface area contributed by atoms with Crippen molar-refractivity contribution in [2.24, 2.45) is 0 Å². The van der Waals surface area contributed by atoms with Crippen molar-refractivity contribution in [1.82, 2.24) is 0 Å². The topological polar surface area (TPSA) is 96.3 Å². The van der Waals surface area contributed by atoms with Crippen molar-refractivity contribution in [2.75, 3.05) is 12.8 Å². The molecule has 78 valence electrons. The molecule has 0 heterocycles. The number of hydrogen-bond acceptors (Lipinski definition) is 5. The number of carbonyl (C=O) groups excluding carboxylic acids is 1. The Kier molecular flexibility index (Phi) is 2.81. The standard InChI is InChI=1S/C10H10N2O3/c1-5-8(12)6(4-11)3-7(9(5)13)10(14)15-2/h3,13H,12H2,1-2H3. The summed E-state index contributed by atoms with van der Waals surface area (Å²) in [6.45, 7) is 1.53. The van der Waals surface area contributed by atoms with E-state index >= 15 is 0 Å². The number of nitriles is 1. The molecule has 0 saturated carbocycles. The summed E-state index contributed by atoms with van der Waals surface area (Å²) in [4.78, 5) is 11.2. The number of phenols is 1. The van der Waals surface area contributed by atoms with Gasteiger partial charge in [-0.3, -0.25) is 0 Å². The molecule has 0 bridgehead atoms. The van der Waals surface area contributed by atoms with Crippen molar-refractivity contribution < 1.29 is 14.6 Å². The molecular formula is C10H10N2O3. The van der Waals surface area contributed by atoms with Crippen LogP contribution in [0.4, 0.5) is 5.69 Å². The zero-order chi connectivity index (χ0) is 11.6. The van der Waals surface area contributed by atoms with Crippen LogP contribution in [0.2, 0.25) is 0 Å². The van der Waals surface area contributed by atoms with Crippen molar-refractivity contribution in [3.8, 4) is 11.8 Å². The van der Waals surface area contributed by atoms with Crippen LogP contribution in [0.25, 0.3) is 0 Å². The van der Waals surface area contributed by atoms with Crippen LogP contribution in [-0.2, 0) is 4.74 Å². The lowest BCUT2D eigenvalue weighted by atomic mass is 10.0. The first kappa shape index (κ1) is 10.9. The van der Waals surface area contributed by atoms with Crippen LogP contribution < -0.4 is 5.73 Å². The fourth-order valence-electron chi connectivity index (χ4n) is 1.18. The number of nitrogen functional groups attached to an aromatic ring is 1. The Morgan fingerprint density at radius 1 is 1.67 bits per heavy atom. The maximum atomic E-state index is 11.2. The number of nitrogens with two attached hydrogens (primary N) is 1. The molecule has 0 fully saturated rings. The van der Waals surface area contributed by atoms with Gasteiger partial charge < -0.3 is 15.6 Å². The van der Waals surface area contributed by atoms with Crippen molar-refractivity contribution in [2.45, 2.75) is 6.92 Å². The Hall–Kier alpha value is -2.22. The second kappa shape index (κ2) is 3.88. The lowest BCUT2D eigenvalue weighted by Crippen LogP contribution is -2.05. The fourth-order valence-corrected chi connectivity index (χ4v) is 1.18. The Labute approximate surface area is 86.7 Å². The van der Waals surface area contributed by atoms with E-state index in [0.29, 0.717) is 5.56 Å². The molecule has 0 aromatic heterocycles. The molecule has 0 unspecified atom stereocenters. The van der Waals surface area contributed by atoms with Crippen molar-refractivity contribution in [3.63, 3.8) is 0 Å². The van der Waals surface area contributed by atoms with Gasteiger partial charge in [-0.2, -0.15) is 5.26 Å². The largest absolute Gasteiger partial charge is 0.507 e. The number of methoxy groups -OCH3 is 1. The maximum absolute atomic E-state index is 11.2. The Morgan fingerprint density at radius 2 is 2.27 bits per heavy atom. The van der Waals surface area contributed by atoms with E-state index < -0.39 is 5.97 Å². The van der Waals surface area contributed by atoms with Crippen LogP contribution in [-0.4, -0.2) is 18.2 Å². The summed E-state index contributed by atoms with van der Waals surface area (Å²) in [7, 11) is 1.19. The van der Waals surface area contributed by atoms with Gasteiger partial charge in [0.2, 0.25) is 0 Å². The second-order valence-electron chi connectivity index (χ2n) is 2.96. The average molecular weight is 206 g/mol. The lowest BCUT2D eigenvalue weighted by molar-refractivity contribution is 0.0597. The summed E-state index contributed by atoms with van der Waals surface area (Å²) >= 11 is 0. The number of aromatic hydroxyl groups is 1. The number of phenolic OH excluding ortho intramolecular Hbond substituents is 1. The molecule has 0 saturated heterocycles. The summed E-state index contributed by atoms with van der Waals surface area (Å²) < 4.78 is 4.46. The molecule has 1 aromatic carbocycles. The lowest BCUT2D eigenvalue weighted by Gasteiger charge is -2.09. The highest BCUT2D eigenvalue weighted by molar-refractivity contribution is 5.94. The minimum atomic E-state index is -0.702. The molecular weight excluding hydrogens is 196 g/mol. The number of ether oxygens (including phenoxy) is 1. The third-order valence-corrected chi connectivity index (χ3v) is 2.12. The van der Waals surface area contributed by atoms with E-state index in [9.17, 15) is 9.90 Å². The number of rotatable bonds is 1. The zero-order valence-electron chi connectivity index (χ0n) is 8.37. The third kappa shape index (κ3) is 1.70. The normalized spacial score (nSPS) is 9.40. The van der Waals surface area contributed by atoms with E-state index in [4.69, 9.17) is 11.0 Å². The van der Waals surface area contributed by atoms with Crippen LogP contribution in [0.5, 0.6) is 5.75 Å². The van der Waals surface area contributed by atoms with Gasteiger partial charge in [-0.05, 0) is 13.0 Å². The van der Waals surface area contributed by atoms with Gasteiger partial charge in [0, 0.05) is 5.56 Å². The summed E-state index contributed by atoms with van der Waals surface area (Å²) in [5.41, 5.74) is 6.13. The predicted molar refractivity (Wildman–Crippen MR) is 53.3 cm³/mol. The molecule has 0 aliphatic heterocycles. The van der Waals surface area contributed by atoms with E-state index in [1.54, 1.807) is 0 Å². The molecule has 0 radical (unpaired) electrons. The molecule has 0 spiro atoms. The quantitative estimate of drug-likeness (QED) is 0.526. The zero-order valence-corrected chi connectivity index (χ0v) is 8.37. The van der Waals surface area contributed by atoms with E-state index in [2.05, 4.69) is 4.74 Å². The van der Waals surface area contributed by atoms with Crippen LogP contribution in [0.1, 0.15) is 21.5 Å². The molecule has 3 N–H and O–H groups in total. The highest BCUT2D eigenvalue weighted by Gasteiger charge is 2.18. The first-order valence-electron chi connectivity index (χ1n) is 4.13. The number of nitrogens with zero attached hydrogens (tertiary/aromatic N) is 1. The second-order valence-corrected chi connectivity index (χ2v) is 2.96. The minimum absolute atomic E-state index is 0.0549. The highest BCUT2D eigenvalue weighted by atomic mass is 16.5. The number of hydrogen-bond donors (Lipinski definition) is 2. The summed E-state index contributed by atoms with van der Waals surface area (Å²) in [6, 6.07) is 3.05. The number of esters is 1. The van der Waals surface area contributed by atoms with Crippen LogP contribution >= 0.6 is 0 Å². The average Bonchev–Trinajstić information content (AvgIpc) is 2.25. The molecule has 0 amide bonds. The molecule has 5 nitrogen and oxygen atoms in total. The molecule has 0 aliphatic rings. The summed E-state index contributed by atoms with van der Waals surface area (Å²) in [5.74, 6) is -0.953. The smallest absolute Gasteiger partial charge is 0.341 e. The molecule has 5 heteroatoms. The first-order chi connectivity index (χ1) is 7.02. The molecule has 0 atom stereocenters. The molecule has 15 heavy (non-hydrogen) atoms. The number of benzene rings is 1. The van der Waals surface area contributed by atoms with Gasteiger partial charge in [0.25, 0.3) is 0 Å². The monoisotopic (exact) mass is 206 g/mol. The van der Waals surface area contributed by atoms with E-state index in [1.807, 2.05) is 6.07 Å². The van der Waals surface area contributed by atoms with Gasteiger partial charge in [0.15, 0.2) is 0 Å². The first-order valence-corrected chi connectivity index (χ1v) is 4.13. The Bertz CT molecular complexity index is 461.